The van der Waals surface area contributed by atoms with Crippen molar-refractivity contribution >= 4 is 23.4 Å². The van der Waals surface area contributed by atoms with Crippen LogP contribution in [0.4, 0.5) is 23.7 Å². The van der Waals surface area contributed by atoms with Gasteiger partial charge >= 0.3 is 12.2 Å². The van der Waals surface area contributed by atoms with E-state index in [1.54, 1.807) is 24.3 Å². The van der Waals surface area contributed by atoms with Crippen molar-refractivity contribution in [1.29, 1.82) is 5.26 Å². The Morgan fingerprint density at radius 3 is 2.66 bits per heavy atom. The molecule has 0 aliphatic carbocycles. The first-order valence-corrected chi connectivity index (χ1v) is 10.9. The highest BCUT2D eigenvalue weighted by Gasteiger charge is 2.73. The van der Waals surface area contributed by atoms with Gasteiger partial charge in [-0.15, -0.1) is 0 Å². The van der Waals surface area contributed by atoms with Gasteiger partial charge in [-0.25, -0.2) is 14.2 Å². The Hall–Kier alpha value is -3.75. The van der Waals surface area contributed by atoms with E-state index in [4.69, 9.17) is 10.00 Å². The largest absolute Gasteiger partial charge is 0.497 e. The lowest BCUT2D eigenvalue weighted by molar-refractivity contribution is -0.852. The zero-order chi connectivity index (χ0) is 25.1. The van der Waals surface area contributed by atoms with Crippen molar-refractivity contribution in [2.75, 3.05) is 31.8 Å². The van der Waals surface area contributed by atoms with Gasteiger partial charge in [-0.3, -0.25) is 9.59 Å². The van der Waals surface area contributed by atoms with Crippen LogP contribution in [0.25, 0.3) is 0 Å². The minimum absolute atomic E-state index is 0.0268. The molecule has 3 heterocycles. The zero-order valence-electron chi connectivity index (χ0n) is 18.6. The van der Waals surface area contributed by atoms with Crippen molar-refractivity contribution in [1.82, 2.24) is 4.90 Å². The molecule has 0 saturated carbocycles. The third kappa shape index (κ3) is 3.40. The lowest BCUT2D eigenvalue weighted by atomic mass is 9.99. The number of fused-ring (bicyclic) bond motifs is 1. The number of imide groups is 1. The van der Waals surface area contributed by atoms with Gasteiger partial charge in [0.05, 0.1) is 43.1 Å². The molecular weight excluding hydrogens is 465 g/mol. The molecule has 4 atom stereocenters. The number of anilines is 1. The molecule has 8 nitrogen and oxygen atoms in total. The molecule has 3 amide bonds. The van der Waals surface area contributed by atoms with E-state index >= 15 is 0 Å². The quantitative estimate of drug-likeness (QED) is 0.478. The van der Waals surface area contributed by atoms with E-state index in [0.29, 0.717) is 17.4 Å². The Balaban J connectivity index is 1.49. The highest BCUT2D eigenvalue weighted by molar-refractivity contribution is 6.18. The molecule has 0 aromatic heterocycles. The summed E-state index contributed by atoms with van der Waals surface area (Å²) in [5, 5.41) is 9.06. The predicted molar refractivity (Wildman–Crippen MR) is 115 cm³/mol. The smallest absolute Gasteiger partial charge is 0.433 e. The van der Waals surface area contributed by atoms with Gasteiger partial charge in [0.2, 0.25) is 0 Å². The lowest BCUT2D eigenvalue weighted by Gasteiger charge is -2.32. The van der Waals surface area contributed by atoms with E-state index in [1.165, 1.54) is 13.2 Å². The number of methoxy groups -OCH3 is 1. The summed E-state index contributed by atoms with van der Waals surface area (Å²) in [6.07, 6.45) is -4.81. The Kier molecular flexibility index (Phi) is 5.19. The standard InChI is InChI=1S/C24H20F3N4O4/c1-35-17-4-2-3-14(7-17)8-21(32)19-11-29-12-20-22(33)30(23(34)31(19,20)13-29)16-6-5-15(10-28)18(9-16)24(25,26)27/h2-7,9,19-20H,8,11-13H2,1H3/q+1. The summed E-state index contributed by atoms with van der Waals surface area (Å²) in [6, 6.07) is 8.80. The molecule has 3 aliphatic rings. The average Bonchev–Trinajstić information content (AvgIpc) is 3.46. The fourth-order valence-electron chi connectivity index (χ4n) is 5.45. The predicted octanol–water partition coefficient (Wildman–Crippen LogP) is 2.70. The number of nitriles is 1. The van der Waals surface area contributed by atoms with Crippen molar-refractivity contribution in [3.05, 3.63) is 59.2 Å². The van der Waals surface area contributed by atoms with Crippen molar-refractivity contribution in [3.8, 4) is 11.8 Å². The SMILES string of the molecule is COc1cccc(CC(=O)C2CN3CC4C(=O)N(c5ccc(C#N)c(C(F)(F)F)c5)C(=O)[N+]24C3)c1. The number of hydrogen-bond acceptors (Lipinski definition) is 6. The van der Waals surface area contributed by atoms with Gasteiger partial charge in [-0.2, -0.15) is 23.3 Å². The summed E-state index contributed by atoms with van der Waals surface area (Å²) >= 11 is 0. The van der Waals surface area contributed by atoms with Crippen LogP contribution in [0, 0.1) is 11.3 Å². The maximum atomic E-state index is 13.7. The van der Waals surface area contributed by atoms with E-state index in [0.717, 1.165) is 17.0 Å². The monoisotopic (exact) mass is 485 g/mol. The topological polar surface area (TPSA) is 90.7 Å². The van der Waals surface area contributed by atoms with Crippen LogP contribution in [0.5, 0.6) is 5.75 Å². The minimum atomic E-state index is -4.84. The van der Waals surface area contributed by atoms with E-state index in [-0.39, 0.29) is 37.6 Å². The number of hydrogen-bond donors (Lipinski definition) is 0. The van der Waals surface area contributed by atoms with Crippen molar-refractivity contribution in [2.24, 2.45) is 0 Å². The molecule has 0 radical (unpaired) electrons. The van der Waals surface area contributed by atoms with Gasteiger partial charge in [0.25, 0.3) is 5.91 Å². The molecule has 1 spiro atoms. The van der Waals surface area contributed by atoms with Crippen LogP contribution in [0.3, 0.4) is 0 Å². The van der Waals surface area contributed by atoms with Crippen LogP contribution in [-0.4, -0.2) is 66.1 Å². The number of carbonyl (C=O) groups excluding carboxylic acids is 3. The summed E-state index contributed by atoms with van der Waals surface area (Å²) < 4.78 is 45.3. The Morgan fingerprint density at radius 1 is 1.20 bits per heavy atom. The third-order valence-electron chi connectivity index (χ3n) is 7.03. The van der Waals surface area contributed by atoms with Gasteiger partial charge in [0.15, 0.2) is 17.9 Å². The Bertz CT molecular complexity index is 1300. The molecule has 35 heavy (non-hydrogen) atoms. The second kappa shape index (κ2) is 7.90. The number of Topliss-reactive ketones (excluding diaryl/α,β-unsaturated/α-hetero) is 1. The average molecular weight is 485 g/mol. The number of quaternary nitrogens is 1. The van der Waals surface area contributed by atoms with E-state index in [2.05, 4.69) is 0 Å². The van der Waals surface area contributed by atoms with Gasteiger partial charge in [0.1, 0.15) is 12.4 Å². The zero-order valence-corrected chi connectivity index (χ0v) is 18.6. The van der Waals surface area contributed by atoms with E-state index in [1.807, 2.05) is 4.90 Å². The Morgan fingerprint density at radius 2 is 1.97 bits per heavy atom. The van der Waals surface area contributed by atoms with Crippen molar-refractivity contribution < 1.29 is 36.8 Å². The summed E-state index contributed by atoms with van der Waals surface area (Å²) in [6.45, 7) is 0.669. The number of carbonyl (C=O) groups is 3. The molecule has 2 bridgehead atoms. The summed E-state index contributed by atoms with van der Waals surface area (Å²) in [4.78, 5) is 43.0. The van der Waals surface area contributed by atoms with Crippen LogP contribution in [0.1, 0.15) is 16.7 Å². The first kappa shape index (κ1) is 23.0. The number of ether oxygens (including phenoxy) is 1. The van der Waals surface area contributed by atoms with Gasteiger partial charge in [-0.1, -0.05) is 12.1 Å². The van der Waals surface area contributed by atoms with E-state index < -0.39 is 45.8 Å². The van der Waals surface area contributed by atoms with Gasteiger partial charge < -0.3 is 4.74 Å². The first-order valence-electron chi connectivity index (χ1n) is 10.9. The molecule has 3 fully saturated rings. The molecule has 2 aromatic carbocycles. The highest BCUT2D eigenvalue weighted by Crippen LogP contribution is 2.45. The normalized spacial score (nSPS) is 27.2. The minimum Gasteiger partial charge on any atom is -0.497 e. The number of urea groups is 1. The fraction of sp³-hybridized carbons (Fsp3) is 0.333. The number of ketones is 1. The van der Waals surface area contributed by atoms with Gasteiger partial charge in [-0.05, 0) is 35.9 Å². The van der Waals surface area contributed by atoms with Crippen molar-refractivity contribution in [2.45, 2.75) is 24.7 Å². The fourth-order valence-corrected chi connectivity index (χ4v) is 5.45. The number of rotatable bonds is 5. The highest BCUT2D eigenvalue weighted by atomic mass is 19.4. The van der Waals surface area contributed by atoms with Crippen LogP contribution >= 0.6 is 0 Å². The number of amides is 3. The third-order valence-corrected chi connectivity index (χ3v) is 7.03. The summed E-state index contributed by atoms with van der Waals surface area (Å²) in [7, 11) is 1.51. The van der Waals surface area contributed by atoms with Crippen LogP contribution < -0.4 is 9.64 Å². The molecule has 180 valence electrons. The lowest BCUT2D eigenvalue weighted by Crippen LogP contribution is -2.62. The molecule has 0 N–H and O–H groups in total. The van der Waals surface area contributed by atoms with Crippen LogP contribution in [0.2, 0.25) is 0 Å². The number of piperazine rings is 1. The molecule has 5 rings (SSSR count). The van der Waals surface area contributed by atoms with Crippen LogP contribution in [0.15, 0.2) is 42.5 Å². The van der Waals surface area contributed by atoms with Gasteiger partial charge in [0, 0.05) is 6.42 Å². The molecule has 3 aliphatic heterocycles. The maximum Gasteiger partial charge on any atom is 0.433 e. The summed E-state index contributed by atoms with van der Waals surface area (Å²) in [5.74, 6) is -0.296. The van der Waals surface area contributed by atoms with Crippen molar-refractivity contribution in [3.63, 3.8) is 0 Å². The molecule has 3 saturated heterocycles. The molecule has 2 aromatic rings. The second-order valence-electron chi connectivity index (χ2n) is 8.93. The molecule has 11 heteroatoms. The number of benzene rings is 2. The molecule has 4 unspecified atom stereocenters. The maximum absolute atomic E-state index is 13.7. The number of halogens is 3. The number of alkyl halides is 3. The Labute approximate surface area is 198 Å². The number of nitrogens with zero attached hydrogens (tertiary/aromatic N) is 4. The summed E-state index contributed by atoms with van der Waals surface area (Å²) in [5.41, 5.74) is -1.39. The van der Waals surface area contributed by atoms with E-state index in [9.17, 15) is 27.6 Å². The van der Waals surface area contributed by atoms with Crippen LogP contribution in [-0.2, 0) is 22.2 Å². The first-order chi connectivity index (χ1) is 16.6. The second-order valence-corrected chi connectivity index (χ2v) is 8.93. The molecular formula is C24H20F3N4O4+.